The van der Waals surface area contributed by atoms with E-state index in [-0.39, 0.29) is 17.6 Å². The van der Waals surface area contributed by atoms with Crippen LogP contribution < -0.4 is 16.0 Å². The smallest absolute Gasteiger partial charge is 0.416 e. The molecule has 132 heavy (non-hydrogen) atoms. The molecule has 2 saturated carbocycles. The Morgan fingerprint density at radius 3 is 1.29 bits per heavy atom. The van der Waals surface area contributed by atoms with Gasteiger partial charge in [0.25, 0.3) is 0 Å². The summed E-state index contributed by atoms with van der Waals surface area (Å²) in [5, 5.41) is 35.6. The average molecular weight is 2380 g/mol. The number of amides is 2. The molecule has 1 saturated heterocycles. The highest BCUT2D eigenvalue weighted by molar-refractivity contribution is 9.11. The summed E-state index contributed by atoms with van der Waals surface area (Å²) in [5.74, 6) is 2.14. The summed E-state index contributed by atoms with van der Waals surface area (Å²) in [6.07, 6.45) is 55.7. The molecule has 14 aromatic heterocycles. The molecule has 14 aromatic rings. The van der Waals surface area contributed by atoms with Crippen molar-refractivity contribution in [3.8, 4) is 12.1 Å². The third-order valence-corrected chi connectivity index (χ3v) is 28.0. The zero-order chi connectivity index (χ0) is 96.1. The number of ether oxygens (including phenoxy) is 3. The number of anilines is 2. The van der Waals surface area contributed by atoms with Crippen LogP contribution in [0.15, 0.2) is 162 Å². The molecule has 4 N–H and O–H groups in total. The van der Waals surface area contributed by atoms with E-state index in [1.165, 1.54) is 140 Å². The van der Waals surface area contributed by atoms with Crippen LogP contribution in [0.25, 0.3) is 39.5 Å². The molecule has 15 heterocycles. The number of nitrogens with zero attached hydrogens (tertiary/aromatic N) is 24. The molecule has 3 aliphatic rings. The van der Waals surface area contributed by atoms with Gasteiger partial charge in [-0.1, -0.05) is 54.5 Å². The Morgan fingerprint density at radius 1 is 0.485 bits per heavy atom. The SMILES string of the molecule is BrCC1CCCCC1.CSc1nc(Br)cn2ccnc12.CSc1nc(C#N)cn2c(Br)cnc12.CSc1nc(C#N)cn2ccnc12.CSc1nc(C(=O)O)cn2c(Br)cnc12.CSc1nc(C(C)=O)cn2c(Br)cnc12.CSc1nc(N(CC2CCCCC2)C(=O)OC(C)(C)C)cn2c(Br)cnc12.CSc1nc(NC(=O)OC(C)(C)C)cn2c(Br)cnc12.NCC1CCOCC1. The molecule has 34 nitrogen and oxygen atoms in total. The number of nitrogens with two attached hydrogens (primary N) is 1. The number of carboxylic acids is 1. The number of ketones is 1. The number of rotatable bonds is 15. The molecule has 1 aliphatic heterocycles. The number of aromatic nitrogens is 21. The Balaban J connectivity index is 0.000000171. The highest BCUT2D eigenvalue weighted by Crippen LogP contribution is 2.34. The van der Waals surface area contributed by atoms with Crippen LogP contribution in [0.4, 0.5) is 21.2 Å². The van der Waals surface area contributed by atoms with Gasteiger partial charge in [-0.05, 0) is 244 Å². The second kappa shape index (κ2) is 52.9. The summed E-state index contributed by atoms with van der Waals surface area (Å²) in [5.41, 5.74) is 11.0. The average Bonchev–Trinajstić information content (AvgIpc) is 1.69. The number of Topliss-reactive ketones (excluding diaryl/α,β-unsaturated/α-hetero) is 1. The fourth-order valence-corrected chi connectivity index (χ4v) is 19.6. The zero-order valence-corrected chi connectivity index (χ0v) is 91.4. The molecule has 2 aliphatic carbocycles. The first kappa shape index (κ1) is 108. The van der Waals surface area contributed by atoms with E-state index in [4.69, 9.17) is 40.6 Å². The summed E-state index contributed by atoms with van der Waals surface area (Å²) in [6, 6.07) is 4.03. The molecule has 0 unspecified atom stereocenters. The van der Waals surface area contributed by atoms with Gasteiger partial charge < -0.3 is 33.9 Å². The maximum atomic E-state index is 13.0. The van der Waals surface area contributed by atoms with E-state index in [9.17, 15) is 19.2 Å². The van der Waals surface area contributed by atoms with Gasteiger partial charge in [-0.3, -0.25) is 37.0 Å². The minimum absolute atomic E-state index is 0.00514. The predicted molar refractivity (Wildman–Crippen MR) is 549 cm³/mol. The predicted octanol–water partition coefficient (Wildman–Crippen LogP) is 22.4. The Hall–Kier alpha value is -7.27. The van der Waals surface area contributed by atoms with Crippen molar-refractivity contribution in [3.05, 3.63) is 150 Å². The van der Waals surface area contributed by atoms with Crippen LogP contribution in [0.5, 0.6) is 0 Å². The van der Waals surface area contributed by atoms with Crippen LogP contribution in [-0.2, 0) is 14.2 Å². The first-order valence-corrected chi connectivity index (χ1v) is 55.3. The number of fused-ring (bicyclic) bond motifs is 7. The van der Waals surface area contributed by atoms with Gasteiger partial charge in [-0.15, -0.1) is 82.3 Å². The molecule has 48 heteroatoms. The molecule has 0 spiro atoms. The van der Waals surface area contributed by atoms with Crippen molar-refractivity contribution in [1.29, 1.82) is 10.5 Å². The van der Waals surface area contributed by atoms with Crippen molar-refractivity contribution in [1.82, 2.24) is 101 Å². The van der Waals surface area contributed by atoms with Gasteiger partial charge in [0.05, 0.1) is 43.4 Å². The molecule has 0 bridgehead atoms. The van der Waals surface area contributed by atoms with Crippen LogP contribution in [0, 0.1) is 40.4 Å². The van der Waals surface area contributed by atoms with Crippen molar-refractivity contribution in [2.45, 2.75) is 172 Å². The van der Waals surface area contributed by atoms with Crippen LogP contribution >= 0.6 is 194 Å². The fourth-order valence-electron chi connectivity index (χ4n) is 12.9. The number of imidazole rings is 7. The number of nitriles is 2. The van der Waals surface area contributed by atoms with Crippen LogP contribution in [0.2, 0.25) is 0 Å². The number of nitrogens with one attached hydrogen (secondary N) is 1. The highest BCUT2D eigenvalue weighted by atomic mass is 79.9. The van der Waals surface area contributed by atoms with E-state index in [2.05, 4.69) is 182 Å². The Labute approximate surface area is 852 Å². The van der Waals surface area contributed by atoms with Gasteiger partial charge in [-0.25, -0.2) is 84.2 Å². The molecule has 704 valence electrons. The lowest BCUT2D eigenvalue weighted by Crippen LogP contribution is -2.40. The molecule has 0 aromatic carbocycles. The van der Waals surface area contributed by atoms with Crippen LogP contribution in [-0.4, -0.2) is 216 Å². The largest absolute Gasteiger partial charge is 0.476 e. The van der Waals surface area contributed by atoms with Crippen LogP contribution in [0.3, 0.4) is 0 Å². The van der Waals surface area contributed by atoms with E-state index in [0.29, 0.717) is 56.5 Å². The minimum Gasteiger partial charge on any atom is -0.476 e. The van der Waals surface area contributed by atoms with Crippen molar-refractivity contribution in [3.63, 3.8) is 0 Å². The quantitative estimate of drug-likeness (QED) is 0.0487. The second-order valence-corrected chi connectivity index (χ2v) is 41.9. The fraction of sp³-hybridized carbons (Fsp3) is 0.429. The van der Waals surface area contributed by atoms with Gasteiger partial charge >= 0.3 is 18.2 Å². The summed E-state index contributed by atoms with van der Waals surface area (Å²) in [6.45, 7) is 15.9. The number of carbonyl (C=O) groups is 4. The maximum absolute atomic E-state index is 13.0. The third-order valence-electron chi connectivity index (χ3n) is 19.2. The molecular formula is C84H99Br7N26O8S7. The lowest BCUT2D eigenvalue weighted by Gasteiger charge is -2.31. The van der Waals surface area contributed by atoms with E-state index >= 15 is 0 Å². The highest BCUT2D eigenvalue weighted by Gasteiger charge is 2.30. The lowest BCUT2D eigenvalue weighted by molar-refractivity contribution is 0.0567. The van der Waals surface area contributed by atoms with Gasteiger partial charge in [0, 0.05) is 87.8 Å². The molecule has 0 atom stereocenters. The standard InChI is InChI=1S/C19H27BrN4O2S.C12H15BrN4O2S.C9H8BrN3OS.C8H5BrN4S.C8H6BrN3O2S.C8H6N4S.C7H6BrN3S.C7H13Br.C6H13NO/c1-19(2,3)26-18(25)24(11-13-8-6-5-7-9-13)15-12-23-14(20)10-21-16(23)17(22-15)27-4;1-12(2,3)19-11(18)16-8-6-17-7(13)5-14-9(17)10(15-8)20-4;1-5(14)6-4-13-7(10)3-11-8(13)9(12-6)15-2;1-14-8-7-11-3-6(9)13(7)4-5(2-10)12-8;1-15-7-6-10-2-5(9)12(6)3-4(11-7)8(13)14;1-13-8-7-10-2-3-12(7)5-6(4-9)11-8;1-12-7-6-9-2-3-11(6)4-5(8)10-7;8-6-7-4-2-1-3-5-7;7-5-6-1-3-8-4-2-6/h10,12-13H,5-9,11H2,1-4H3;5-6H,1-4H3,(H,16,18);3-4H,1-2H3;3-4H,1H3;2-3H,1H3,(H,13,14);2-3,5H,1H3;2-4H,1H3;7H,1-6H2;6H,1-5,7H2. The summed E-state index contributed by atoms with van der Waals surface area (Å²) in [7, 11) is 0. The number of hydrogen-bond acceptors (Lipinski definition) is 31. The Morgan fingerprint density at radius 2 is 0.871 bits per heavy atom. The van der Waals surface area contributed by atoms with E-state index in [1.54, 1.807) is 104 Å². The van der Waals surface area contributed by atoms with Gasteiger partial charge in [0.15, 0.2) is 74.0 Å². The third kappa shape index (κ3) is 31.1. The maximum Gasteiger partial charge on any atom is 0.416 e. The number of halogens is 7. The number of carbonyl (C=O) groups excluding carboxylic acids is 3. The minimum atomic E-state index is -1.05. The molecule has 17 rings (SSSR count). The summed E-state index contributed by atoms with van der Waals surface area (Å²) < 4.78 is 33.6. The molecule has 2 amide bonds. The van der Waals surface area contributed by atoms with E-state index in [1.807, 2.05) is 134 Å². The zero-order valence-electron chi connectivity index (χ0n) is 74.6. The number of aromatic carboxylic acids is 1. The molecule has 0 radical (unpaired) electrons. The van der Waals surface area contributed by atoms with Crippen molar-refractivity contribution >= 4 is 269 Å². The number of thioether (sulfide) groups is 7. The van der Waals surface area contributed by atoms with E-state index < -0.39 is 23.3 Å². The first-order valence-electron chi connectivity index (χ1n) is 40.8. The van der Waals surface area contributed by atoms with E-state index in [0.717, 1.165) is 144 Å². The Kier molecular flexibility index (Phi) is 43.4. The number of alkyl halides is 1. The molecule has 3 fully saturated rings. The van der Waals surface area contributed by atoms with Gasteiger partial charge in [-0.2, -0.15) is 10.5 Å². The van der Waals surface area contributed by atoms with Crippen molar-refractivity contribution in [2.24, 2.45) is 23.5 Å². The van der Waals surface area contributed by atoms with Crippen molar-refractivity contribution in [2.75, 3.05) is 85.6 Å². The number of carboxylic acid groups (broad SMARTS) is 1. The summed E-state index contributed by atoms with van der Waals surface area (Å²) >= 11 is 34.1. The second-order valence-electron chi connectivity index (χ2n) is 30.8. The topological polar surface area (TPSA) is 416 Å². The van der Waals surface area contributed by atoms with Gasteiger partial charge in [0.1, 0.15) is 91.8 Å². The number of hydrogen-bond donors (Lipinski definition) is 3. The van der Waals surface area contributed by atoms with Gasteiger partial charge in [0.2, 0.25) is 0 Å². The molecular weight excluding hydrogens is 2280 g/mol. The Bertz CT molecular complexity index is 6220. The monoisotopic (exact) mass is 2380 g/mol. The summed E-state index contributed by atoms with van der Waals surface area (Å²) in [4.78, 5) is 108. The first-order chi connectivity index (χ1) is 63.1. The lowest BCUT2D eigenvalue weighted by atomic mass is 9.89. The normalized spacial score (nSPS) is 13.4. The van der Waals surface area contributed by atoms with Crippen LogP contribution in [0.1, 0.15) is 158 Å². The van der Waals surface area contributed by atoms with Crippen molar-refractivity contribution < 1.29 is 38.5 Å².